The molecule has 2 N–H and O–H groups in total. The minimum absolute atomic E-state index is 0.188. The molecule has 1 amide bonds. The summed E-state index contributed by atoms with van der Waals surface area (Å²) in [4.78, 5) is 11.3. The first-order chi connectivity index (χ1) is 11.2. The first-order valence-electron chi connectivity index (χ1n) is 6.82. The fraction of sp³-hybridized carbons (Fsp3) is 0.231. The van der Waals surface area contributed by atoms with Crippen LogP contribution in [-0.2, 0) is 21.5 Å². The number of carbonyl (C=O) groups excluding carboxylic acids is 1. The van der Waals surface area contributed by atoms with Gasteiger partial charge < -0.3 is 5.11 Å². The summed E-state index contributed by atoms with van der Waals surface area (Å²) in [7, 11) is -4.32. The smallest absolute Gasteiger partial charge is 0.326 e. The second-order valence-corrected chi connectivity index (χ2v) is 6.62. The van der Waals surface area contributed by atoms with Crippen molar-refractivity contribution in [2.75, 3.05) is 10.8 Å². The number of hydrogen-bond donors (Lipinski definition) is 2. The van der Waals surface area contributed by atoms with Gasteiger partial charge in [-0.3, -0.25) is 9.48 Å². The van der Waals surface area contributed by atoms with Crippen LogP contribution in [0.3, 0.4) is 0 Å². The average Bonchev–Trinajstić information content (AvgIpc) is 2.99. The summed E-state index contributed by atoms with van der Waals surface area (Å²) in [6.45, 7) is 1.37. The molecule has 24 heavy (non-hydrogen) atoms. The van der Waals surface area contributed by atoms with Crippen LogP contribution in [0.5, 0.6) is 5.75 Å². The van der Waals surface area contributed by atoms with Crippen molar-refractivity contribution in [1.29, 1.82) is 0 Å². The number of aromatic nitrogens is 2. The van der Waals surface area contributed by atoms with Gasteiger partial charge in [-0.15, -0.1) is 5.10 Å². The molecule has 11 heteroatoms. The molecular formula is C13H12F2N4O4S. The molecule has 1 aliphatic heterocycles. The van der Waals surface area contributed by atoms with E-state index in [0.29, 0.717) is 10.8 Å². The predicted molar refractivity (Wildman–Crippen MR) is 79.3 cm³/mol. The number of anilines is 1. The van der Waals surface area contributed by atoms with Crippen molar-refractivity contribution in [2.45, 2.75) is 13.5 Å². The second-order valence-electron chi connectivity index (χ2n) is 5.02. The Kier molecular flexibility index (Phi) is 3.67. The van der Waals surface area contributed by atoms with Gasteiger partial charge in [0.2, 0.25) is 5.95 Å². The van der Waals surface area contributed by atoms with Crippen molar-refractivity contribution in [3.05, 3.63) is 30.1 Å². The molecule has 1 saturated heterocycles. The van der Waals surface area contributed by atoms with Gasteiger partial charge in [0.05, 0.1) is 5.56 Å². The Labute approximate surface area is 135 Å². The van der Waals surface area contributed by atoms with Crippen LogP contribution in [0.4, 0.5) is 14.5 Å². The Balaban J connectivity index is 2.19. The molecule has 0 atom stereocenters. The number of carbonyl (C=O) groups is 1. The van der Waals surface area contributed by atoms with Crippen molar-refractivity contribution in [3.8, 4) is 16.9 Å². The molecule has 1 aromatic heterocycles. The van der Waals surface area contributed by atoms with Gasteiger partial charge in [0.15, 0.2) is 5.82 Å². The van der Waals surface area contributed by atoms with Gasteiger partial charge in [-0.1, -0.05) is 0 Å². The molecular weight excluding hydrogens is 346 g/mol. The summed E-state index contributed by atoms with van der Waals surface area (Å²) < 4.78 is 55.8. The lowest BCUT2D eigenvalue weighted by Crippen LogP contribution is -2.30. The number of benzene rings is 1. The molecule has 0 unspecified atom stereocenters. The number of nitrogens with one attached hydrogen (secondary N) is 1. The Morgan fingerprint density at radius 3 is 2.58 bits per heavy atom. The minimum atomic E-state index is -4.32. The maximum absolute atomic E-state index is 14.8. The molecule has 1 fully saturated rings. The van der Waals surface area contributed by atoms with Gasteiger partial charge in [0.25, 0.3) is 5.91 Å². The summed E-state index contributed by atoms with van der Waals surface area (Å²) in [5.41, 5.74) is -1.20. The normalized spacial score (nSPS) is 16.5. The Bertz CT molecular complexity index is 942. The van der Waals surface area contributed by atoms with Gasteiger partial charge in [-0.2, -0.15) is 12.8 Å². The summed E-state index contributed by atoms with van der Waals surface area (Å²) in [5, 5.41) is 13.4. The van der Waals surface area contributed by atoms with E-state index in [4.69, 9.17) is 0 Å². The lowest BCUT2D eigenvalue weighted by Gasteiger charge is -2.18. The Morgan fingerprint density at radius 1 is 1.33 bits per heavy atom. The van der Waals surface area contributed by atoms with Crippen molar-refractivity contribution >= 4 is 21.8 Å². The highest BCUT2D eigenvalue weighted by Crippen LogP contribution is 2.39. The molecule has 128 valence electrons. The molecule has 1 aromatic carbocycles. The number of phenols is 1. The number of hydrogen-bond acceptors (Lipinski definition) is 5. The molecule has 0 radical (unpaired) electrons. The molecule has 0 spiro atoms. The zero-order valence-electron chi connectivity index (χ0n) is 12.3. The van der Waals surface area contributed by atoms with E-state index in [1.807, 2.05) is 0 Å². The van der Waals surface area contributed by atoms with Crippen LogP contribution in [0.1, 0.15) is 6.92 Å². The van der Waals surface area contributed by atoms with Crippen LogP contribution >= 0.6 is 0 Å². The molecule has 1 aliphatic rings. The van der Waals surface area contributed by atoms with Crippen molar-refractivity contribution in [2.24, 2.45) is 0 Å². The second kappa shape index (κ2) is 5.44. The number of phenolic OH excluding ortho intramolecular Hbond substituents is 1. The standard InChI is InChI=1S/C13H12F2N4O4S/c1-2-18-5-8(13(15)16-18)7-3-4-9(20)12(11(7)14)19-6-10(21)17-24(19,22)23/h3-5,20H,2,6H2,1H3,(H,17,21). The quantitative estimate of drug-likeness (QED) is 0.842. The van der Waals surface area contributed by atoms with Crippen molar-refractivity contribution < 1.29 is 27.1 Å². The molecule has 3 rings (SSSR count). The fourth-order valence-corrected chi connectivity index (χ4v) is 3.55. The zero-order valence-corrected chi connectivity index (χ0v) is 13.1. The van der Waals surface area contributed by atoms with E-state index in [-0.39, 0.29) is 11.1 Å². The van der Waals surface area contributed by atoms with E-state index >= 15 is 0 Å². The maximum Gasteiger partial charge on any atom is 0.326 e. The Morgan fingerprint density at radius 2 is 2.04 bits per heavy atom. The highest BCUT2D eigenvalue weighted by atomic mass is 32.2. The van der Waals surface area contributed by atoms with Crippen LogP contribution < -0.4 is 9.03 Å². The van der Waals surface area contributed by atoms with E-state index < -0.39 is 45.9 Å². The van der Waals surface area contributed by atoms with E-state index in [0.717, 1.165) is 12.1 Å². The van der Waals surface area contributed by atoms with Crippen LogP contribution in [0.2, 0.25) is 0 Å². The first-order valence-corrected chi connectivity index (χ1v) is 8.26. The molecule has 2 heterocycles. The van der Waals surface area contributed by atoms with Gasteiger partial charge in [-0.05, 0) is 19.1 Å². The average molecular weight is 358 g/mol. The van der Waals surface area contributed by atoms with Crippen LogP contribution in [0.15, 0.2) is 18.3 Å². The largest absolute Gasteiger partial charge is 0.506 e. The summed E-state index contributed by atoms with van der Waals surface area (Å²) in [6.07, 6.45) is 1.26. The monoisotopic (exact) mass is 358 g/mol. The van der Waals surface area contributed by atoms with E-state index in [9.17, 15) is 27.1 Å². The number of aromatic hydroxyl groups is 1. The van der Waals surface area contributed by atoms with Crippen molar-refractivity contribution in [3.63, 3.8) is 0 Å². The molecule has 0 aliphatic carbocycles. The number of nitrogens with zero attached hydrogens (tertiary/aromatic N) is 3. The highest BCUT2D eigenvalue weighted by Gasteiger charge is 2.38. The minimum Gasteiger partial charge on any atom is -0.506 e. The maximum atomic E-state index is 14.8. The lowest BCUT2D eigenvalue weighted by atomic mass is 10.1. The van der Waals surface area contributed by atoms with Crippen LogP contribution in [-0.4, -0.2) is 35.8 Å². The van der Waals surface area contributed by atoms with Gasteiger partial charge in [-0.25, -0.2) is 13.4 Å². The van der Waals surface area contributed by atoms with E-state index in [1.165, 1.54) is 10.9 Å². The van der Waals surface area contributed by atoms with E-state index in [1.54, 1.807) is 11.6 Å². The molecule has 2 aromatic rings. The topological polar surface area (TPSA) is 105 Å². The summed E-state index contributed by atoms with van der Waals surface area (Å²) >= 11 is 0. The highest BCUT2D eigenvalue weighted by molar-refractivity contribution is 7.92. The number of aryl methyl sites for hydroxylation is 1. The van der Waals surface area contributed by atoms with Crippen molar-refractivity contribution in [1.82, 2.24) is 14.5 Å². The third-order valence-electron chi connectivity index (χ3n) is 3.50. The SMILES string of the molecule is CCn1cc(-c2ccc(O)c(N3CC(=O)NS3(=O)=O)c2F)c(F)n1. The lowest BCUT2D eigenvalue weighted by molar-refractivity contribution is -0.117. The summed E-state index contributed by atoms with van der Waals surface area (Å²) in [6, 6.07) is 2.13. The van der Waals surface area contributed by atoms with Gasteiger partial charge in [0, 0.05) is 18.3 Å². The van der Waals surface area contributed by atoms with E-state index in [2.05, 4.69) is 5.10 Å². The number of amides is 1. The molecule has 0 saturated carbocycles. The number of halogens is 2. The van der Waals surface area contributed by atoms with Crippen LogP contribution in [0.25, 0.3) is 11.1 Å². The first kappa shape index (κ1) is 16.2. The third kappa shape index (κ3) is 2.46. The third-order valence-corrected chi connectivity index (χ3v) is 4.87. The molecule has 8 nitrogen and oxygen atoms in total. The van der Waals surface area contributed by atoms with Gasteiger partial charge >= 0.3 is 10.2 Å². The Hall–Kier alpha value is -2.69. The number of rotatable bonds is 3. The van der Waals surface area contributed by atoms with Crippen LogP contribution in [0, 0.1) is 11.8 Å². The molecule has 0 bridgehead atoms. The fourth-order valence-electron chi connectivity index (χ4n) is 2.39. The summed E-state index contributed by atoms with van der Waals surface area (Å²) in [5.74, 6) is -3.68. The van der Waals surface area contributed by atoms with Gasteiger partial charge in [0.1, 0.15) is 18.0 Å². The predicted octanol–water partition coefficient (Wildman–Crippen LogP) is 0.735. The zero-order chi connectivity index (χ0) is 17.6.